The molecular weight excluding hydrogens is 517 g/mol. The second-order valence-electron chi connectivity index (χ2n) is 6.38. The number of methoxy groups -OCH3 is 1. The van der Waals surface area contributed by atoms with E-state index < -0.39 is 10.0 Å². The molecule has 9 heteroatoms. The predicted octanol–water partition coefficient (Wildman–Crippen LogP) is 4.14. The zero-order chi connectivity index (χ0) is 21.3. The number of halogens is 1. The first kappa shape index (κ1) is 20.4. The zero-order valence-electron chi connectivity index (χ0n) is 15.7. The van der Waals surface area contributed by atoms with Crippen molar-refractivity contribution in [2.45, 2.75) is 4.90 Å². The molecule has 0 saturated heterocycles. The molecule has 30 heavy (non-hydrogen) atoms. The van der Waals surface area contributed by atoms with Gasteiger partial charge in [0.1, 0.15) is 5.75 Å². The van der Waals surface area contributed by atoms with Gasteiger partial charge in [0.2, 0.25) is 0 Å². The molecule has 0 bridgehead atoms. The van der Waals surface area contributed by atoms with Crippen LogP contribution in [0.1, 0.15) is 10.4 Å². The number of benzene rings is 2. The van der Waals surface area contributed by atoms with Crippen LogP contribution in [0.4, 0.5) is 5.69 Å². The minimum atomic E-state index is -3.78. The molecule has 0 saturated carbocycles. The van der Waals surface area contributed by atoms with Crippen molar-refractivity contribution in [3.05, 3.63) is 82.3 Å². The average Bonchev–Trinajstić information content (AvgIpc) is 3.19. The van der Waals surface area contributed by atoms with Crippen LogP contribution in [0, 0.1) is 3.57 Å². The highest BCUT2D eigenvalue weighted by atomic mass is 127. The Labute approximate surface area is 186 Å². The summed E-state index contributed by atoms with van der Waals surface area (Å²) in [6.07, 6.45) is 4.63. The van der Waals surface area contributed by atoms with Crippen LogP contribution in [0.25, 0.3) is 10.9 Å². The molecular formula is C21H16IN3O4S. The molecule has 0 atom stereocenters. The lowest BCUT2D eigenvalue weighted by Crippen LogP contribution is -2.14. The number of nitrogens with one attached hydrogen (secondary N) is 1. The molecule has 0 aliphatic heterocycles. The van der Waals surface area contributed by atoms with Crippen LogP contribution in [-0.4, -0.2) is 30.4 Å². The Morgan fingerprint density at radius 2 is 1.87 bits per heavy atom. The van der Waals surface area contributed by atoms with Crippen LogP contribution in [0.5, 0.6) is 5.75 Å². The highest BCUT2D eigenvalue weighted by Crippen LogP contribution is 2.24. The fourth-order valence-corrected chi connectivity index (χ4v) is 5.07. The van der Waals surface area contributed by atoms with Gasteiger partial charge in [0.05, 0.1) is 27.3 Å². The largest absolute Gasteiger partial charge is 0.496 e. The number of carbonyl (C=O) groups excluding carboxylic acids is 1. The Balaban J connectivity index is 1.57. The van der Waals surface area contributed by atoms with E-state index in [-0.39, 0.29) is 10.8 Å². The zero-order valence-corrected chi connectivity index (χ0v) is 18.7. The average molecular weight is 533 g/mol. The molecule has 4 aromatic rings. The molecule has 0 aliphatic rings. The van der Waals surface area contributed by atoms with Crippen molar-refractivity contribution >= 4 is 55.1 Å². The monoisotopic (exact) mass is 533 g/mol. The number of anilines is 1. The molecule has 152 valence electrons. The fourth-order valence-electron chi connectivity index (χ4n) is 2.99. The fraction of sp³-hybridized carbons (Fsp3) is 0.0476. The Morgan fingerprint density at radius 1 is 1.10 bits per heavy atom. The number of fused-ring (bicyclic) bond motifs is 1. The second kappa shape index (κ2) is 8.07. The van der Waals surface area contributed by atoms with Gasteiger partial charge in [-0.25, -0.2) is 12.4 Å². The summed E-state index contributed by atoms with van der Waals surface area (Å²) in [5.74, 6) is 0.392. The van der Waals surface area contributed by atoms with E-state index in [2.05, 4.69) is 32.9 Å². The summed E-state index contributed by atoms with van der Waals surface area (Å²) in [4.78, 5) is 16.6. The number of aromatic nitrogens is 2. The lowest BCUT2D eigenvalue weighted by Gasteiger charge is -2.10. The summed E-state index contributed by atoms with van der Waals surface area (Å²) >= 11 is 2.10. The number of amides is 1. The van der Waals surface area contributed by atoms with E-state index in [1.165, 1.54) is 28.5 Å². The number of rotatable bonds is 5. The second-order valence-corrected chi connectivity index (χ2v) is 9.36. The first-order valence-corrected chi connectivity index (χ1v) is 11.3. The van der Waals surface area contributed by atoms with E-state index in [1.807, 2.05) is 0 Å². The molecule has 0 fully saturated rings. The summed E-state index contributed by atoms with van der Waals surface area (Å²) < 4.78 is 33.2. The van der Waals surface area contributed by atoms with Crippen molar-refractivity contribution in [2.75, 3.05) is 12.4 Å². The summed E-state index contributed by atoms with van der Waals surface area (Å²) in [5.41, 5.74) is 1.47. The van der Waals surface area contributed by atoms with Crippen molar-refractivity contribution < 1.29 is 17.9 Å². The van der Waals surface area contributed by atoms with Crippen LogP contribution >= 0.6 is 22.6 Å². The van der Waals surface area contributed by atoms with Gasteiger partial charge in [-0.2, -0.15) is 0 Å². The maximum Gasteiger partial charge on any atom is 0.268 e. The number of hydrogen-bond acceptors (Lipinski definition) is 5. The topological polar surface area (TPSA) is 90.3 Å². The maximum absolute atomic E-state index is 13.0. The minimum absolute atomic E-state index is 0.112. The Hall–Kier alpha value is -2.92. The van der Waals surface area contributed by atoms with E-state index in [4.69, 9.17) is 4.74 Å². The number of carbonyl (C=O) groups is 1. The predicted molar refractivity (Wildman–Crippen MR) is 122 cm³/mol. The SMILES string of the molecule is COc1ccc(C(=O)Nc2ccc(S(=O)(=O)n3ccc4ccncc43)cc2)cc1I. The highest BCUT2D eigenvalue weighted by molar-refractivity contribution is 14.1. The number of nitrogens with zero attached hydrogens (tertiary/aromatic N) is 2. The van der Waals surface area contributed by atoms with Gasteiger partial charge in [-0.15, -0.1) is 0 Å². The van der Waals surface area contributed by atoms with Gasteiger partial charge in [0.15, 0.2) is 0 Å². The van der Waals surface area contributed by atoms with Crippen molar-refractivity contribution in [1.82, 2.24) is 8.96 Å². The van der Waals surface area contributed by atoms with Crippen LogP contribution < -0.4 is 10.1 Å². The van der Waals surface area contributed by atoms with Crippen LogP contribution in [0.15, 0.2) is 78.1 Å². The summed E-state index contributed by atoms with van der Waals surface area (Å²) in [6.45, 7) is 0. The molecule has 1 N–H and O–H groups in total. The first-order chi connectivity index (χ1) is 14.4. The van der Waals surface area contributed by atoms with Gasteiger partial charge in [0.25, 0.3) is 15.9 Å². The molecule has 2 heterocycles. The number of pyridine rings is 1. The minimum Gasteiger partial charge on any atom is -0.496 e. The smallest absolute Gasteiger partial charge is 0.268 e. The van der Waals surface area contributed by atoms with E-state index in [0.29, 0.717) is 22.5 Å². The van der Waals surface area contributed by atoms with E-state index in [1.54, 1.807) is 55.8 Å². The number of hydrogen-bond donors (Lipinski definition) is 1. The normalized spacial score (nSPS) is 11.4. The Bertz CT molecular complexity index is 1350. The molecule has 2 aromatic carbocycles. The first-order valence-electron chi connectivity index (χ1n) is 8.82. The molecule has 4 rings (SSSR count). The Kier molecular flexibility index (Phi) is 5.48. The van der Waals surface area contributed by atoms with Crippen molar-refractivity contribution in [3.63, 3.8) is 0 Å². The van der Waals surface area contributed by atoms with E-state index >= 15 is 0 Å². The molecule has 2 aromatic heterocycles. The third-order valence-electron chi connectivity index (χ3n) is 4.54. The van der Waals surface area contributed by atoms with E-state index in [0.717, 1.165) is 8.96 Å². The molecule has 1 amide bonds. The van der Waals surface area contributed by atoms with Crippen LogP contribution in [0.2, 0.25) is 0 Å². The third-order valence-corrected chi connectivity index (χ3v) is 7.09. The quantitative estimate of drug-likeness (QED) is 0.390. The standard InChI is InChI=1S/C21H16IN3O4S/c1-29-20-7-2-15(12-18(20)22)21(26)24-16-3-5-17(6-4-16)30(27,28)25-11-9-14-8-10-23-13-19(14)25/h2-13H,1H3,(H,24,26). The molecule has 0 spiro atoms. The molecule has 0 radical (unpaired) electrons. The highest BCUT2D eigenvalue weighted by Gasteiger charge is 2.19. The van der Waals surface area contributed by atoms with Gasteiger partial charge < -0.3 is 10.1 Å². The van der Waals surface area contributed by atoms with Gasteiger partial charge >= 0.3 is 0 Å². The van der Waals surface area contributed by atoms with Crippen LogP contribution in [-0.2, 0) is 10.0 Å². The Morgan fingerprint density at radius 3 is 2.57 bits per heavy atom. The summed E-state index contributed by atoms with van der Waals surface area (Å²) in [7, 11) is -2.21. The molecule has 0 aliphatic carbocycles. The van der Waals surface area contributed by atoms with Crippen LogP contribution in [0.3, 0.4) is 0 Å². The lowest BCUT2D eigenvalue weighted by atomic mass is 10.2. The lowest BCUT2D eigenvalue weighted by molar-refractivity contribution is 0.102. The van der Waals surface area contributed by atoms with Gasteiger partial charge in [-0.3, -0.25) is 9.78 Å². The van der Waals surface area contributed by atoms with Gasteiger partial charge in [-0.05, 0) is 77.2 Å². The van der Waals surface area contributed by atoms with Crippen molar-refractivity contribution in [2.24, 2.45) is 0 Å². The molecule has 7 nitrogen and oxygen atoms in total. The van der Waals surface area contributed by atoms with E-state index in [9.17, 15) is 13.2 Å². The van der Waals surface area contributed by atoms with Gasteiger partial charge in [-0.1, -0.05) is 0 Å². The maximum atomic E-state index is 13.0. The number of ether oxygens (including phenoxy) is 1. The summed E-state index contributed by atoms with van der Waals surface area (Å²) in [6, 6.07) is 14.6. The molecule has 0 unspecified atom stereocenters. The van der Waals surface area contributed by atoms with Crippen molar-refractivity contribution in [1.29, 1.82) is 0 Å². The summed E-state index contributed by atoms with van der Waals surface area (Å²) in [5, 5.41) is 3.56. The third kappa shape index (κ3) is 3.77. The van der Waals surface area contributed by atoms with Crippen molar-refractivity contribution in [3.8, 4) is 5.75 Å². The van der Waals surface area contributed by atoms with Gasteiger partial charge in [0, 0.05) is 29.0 Å².